The van der Waals surface area contributed by atoms with Crippen LogP contribution in [0.1, 0.15) is 23.0 Å². The molecule has 8 heteroatoms. The monoisotopic (exact) mass is 445 g/mol. The highest BCUT2D eigenvalue weighted by molar-refractivity contribution is 8.76. The van der Waals surface area contributed by atoms with Crippen LogP contribution in [0.5, 0.6) is 5.75 Å². The van der Waals surface area contributed by atoms with Gasteiger partial charge in [0.1, 0.15) is 24.7 Å². The van der Waals surface area contributed by atoms with E-state index in [4.69, 9.17) is 14.2 Å². The molecular weight excluding hydrogens is 422 g/mol. The second-order valence-corrected chi connectivity index (χ2v) is 9.41. The first-order chi connectivity index (χ1) is 14.5. The first-order valence-electron chi connectivity index (χ1n) is 9.30. The Morgan fingerprint density at radius 3 is 2.57 bits per heavy atom. The largest absolute Gasteiger partial charge is 0.489 e. The average Bonchev–Trinajstić information content (AvgIpc) is 3.15. The van der Waals surface area contributed by atoms with Crippen LogP contribution in [0.3, 0.4) is 0 Å². The Balaban J connectivity index is 1.89. The van der Waals surface area contributed by atoms with Crippen LogP contribution in [0.2, 0.25) is 0 Å². The van der Waals surface area contributed by atoms with Gasteiger partial charge >= 0.3 is 12.1 Å². The molecule has 0 amide bonds. The molecule has 1 atom stereocenters. The highest BCUT2D eigenvalue weighted by Gasteiger charge is 2.23. The summed E-state index contributed by atoms with van der Waals surface area (Å²) in [6, 6.07) is 16.7. The topological polar surface area (TPSA) is 66.8 Å². The van der Waals surface area contributed by atoms with Gasteiger partial charge in [0.15, 0.2) is 0 Å². The second kappa shape index (κ2) is 10.4. The Bertz CT molecular complexity index is 1020. The molecular formula is C22H23NO5S2. The lowest BCUT2D eigenvalue weighted by molar-refractivity contribution is 0.0586. The molecule has 1 heterocycles. The van der Waals surface area contributed by atoms with Gasteiger partial charge in [0.05, 0.1) is 12.6 Å². The number of nitrogens with zero attached hydrogens (tertiary/aromatic N) is 1. The number of esters is 1. The number of carbonyl (C=O) groups excluding carboxylic acids is 2. The van der Waals surface area contributed by atoms with Crippen molar-refractivity contribution in [2.45, 2.75) is 18.8 Å². The first-order valence-corrected chi connectivity index (χ1v) is 11.9. The normalized spacial score (nSPS) is 11.8. The van der Waals surface area contributed by atoms with E-state index in [1.165, 1.54) is 11.7 Å². The molecule has 0 saturated carbocycles. The second-order valence-electron chi connectivity index (χ2n) is 6.50. The maximum absolute atomic E-state index is 12.8. The van der Waals surface area contributed by atoms with Crippen LogP contribution in [-0.2, 0) is 16.1 Å². The van der Waals surface area contributed by atoms with Crippen LogP contribution >= 0.6 is 21.6 Å². The number of fused-ring (bicyclic) bond motifs is 1. The van der Waals surface area contributed by atoms with E-state index in [0.717, 1.165) is 5.56 Å². The summed E-state index contributed by atoms with van der Waals surface area (Å²) >= 11 is 0. The molecule has 30 heavy (non-hydrogen) atoms. The molecule has 1 aromatic heterocycles. The van der Waals surface area contributed by atoms with Crippen LogP contribution in [0.15, 0.2) is 54.6 Å². The van der Waals surface area contributed by atoms with E-state index in [9.17, 15) is 9.59 Å². The van der Waals surface area contributed by atoms with Gasteiger partial charge in [-0.25, -0.2) is 14.2 Å². The van der Waals surface area contributed by atoms with Crippen molar-refractivity contribution in [2.24, 2.45) is 0 Å². The van der Waals surface area contributed by atoms with Gasteiger partial charge in [-0.3, -0.25) is 0 Å². The summed E-state index contributed by atoms with van der Waals surface area (Å²) in [5, 5.41) is 0.836. The van der Waals surface area contributed by atoms with Gasteiger partial charge in [-0.2, -0.15) is 0 Å². The fourth-order valence-corrected chi connectivity index (χ4v) is 4.51. The highest BCUT2D eigenvalue weighted by Crippen LogP contribution is 2.27. The van der Waals surface area contributed by atoms with Crippen molar-refractivity contribution in [3.8, 4) is 5.75 Å². The van der Waals surface area contributed by atoms with E-state index in [-0.39, 0.29) is 17.6 Å². The third-order valence-corrected chi connectivity index (χ3v) is 6.52. The van der Waals surface area contributed by atoms with E-state index < -0.39 is 12.1 Å². The predicted octanol–water partition coefficient (Wildman–Crippen LogP) is 5.39. The van der Waals surface area contributed by atoms with E-state index in [0.29, 0.717) is 23.3 Å². The Kier molecular flexibility index (Phi) is 7.70. The van der Waals surface area contributed by atoms with Crippen molar-refractivity contribution in [3.05, 3.63) is 65.9 Å². The van der Waals surface area contributed by atoms with Gasteiger partial charge < -0.3 is 14.2 Å². The summed E-state index contributed by atoms with van der Waals surface area (Å²) in [5.74, 6) is -0.0253. The molecule has 158 valence electrons. The highest BCUT2D eigenvalue weighted by atomic mass is 33.1. The SMILES string of the molecule is COC(=O)c1cc2ccc(OCc3ccccc3)cc2n1C(=O)OC[C@@H](C)SSC. The zero-order chi connectivity index (χ0) is 21.5. The number of hydrogen-bond acceptors (Lipinski definition) is 7. The number of carbonyl (C=O) groups is 2. The standard InChI is InChI=1S/C22H23NO5S2/c1-15(30-29-3)13-28-22(25)23-19-12-18(27-14-16-7-5-4-6-8-16)10-9-17(19)11-20(23)21(24)26-2/h4-12,15H,13-14H2,1-3H3/t15-/m1/s1. The maximum atomic E-state index is 12.8. The Morgan fingerprint density at radius 2 is 1.87 bits per heavy atom. The minimum Gasteiger partial charge on any atom is -0.489 e. The molecule has 3 rings (SSSR count). The van der Waals surface area contributed by atoms with E-state index >= 15 is 0 Å². The first kappa shape index (κ1) is 22.1. The summed E-state index contributed by atoms with van der Waals surface area (Å²) in [6.45, 7) is 2.60. The maximum Gasteiger partial charge on any atom is 0.419 e. The lowest BCUT2D eigenvalue weighted by Gasteiger charge is -2.13. The van der Waals surface area contributed by atoms with Crippen molar-refractivity contribution < 1.29 is 23.8 Å². The van der Waals surface area contributed by atoms with E-state index in [1.54, 1.807) is 45.9 Å². The minimum atomic E-state index is -0.626. The molecule has 0 fully saturated rings. The van der Waals surface area contributed by atoms with Gasteiger partial charge in [0.2, 0.25) is 0 Å². The van der Waals surface area contributed by atoms with Gasteiger partial charge in [0.25, 0.3) is 0 Å². The van der Waals surface area contributed by atoms with Crippen molar-refractivity contribution in [1.82, 2.24) is 4.57 Å². The number of ether oxygens (including phenoxy) is 3. The summed E-state index contributed by atoms with van der Waals surface area (Å²) in [7, 11) is 4.50. The molecule has 0 bridgehead atoms. The molecule has 0 radical (unpaired) electrons. The molecule has 0 aliphatic heterocycles. The molecule has 0 aliphatic rings. The summed E-state index contributed by atoms with van der Waals surface area (Å²) in [5.41, 5.74) is 1.67. The van der Waals surface area contributed by atoms with Gasteiger partial charge in [-0.05, 0) is 36.9 Å². The Hall–Kier alpha value is -2.58. The van der Waals surface area contributed by atoms with E-state index in [1.807, 2.05) is 43.5 Å². The van der Waals surface area contributed by atoms with Crippen LogP contribution in [0, 0.1) is 0 Å². The summed E-state index contributed by atoms with van der Waals surface area (Å²) in [6.07, 6.45) is 1.34. The Labute approximate surface area is 183 Å². The van der Waals surface area contributed by atoms with Gasteiger partial charge in [-0.15, -0.1) is 0 Å². The molecule has 0 aliphatic carbocycles. The lowest BCUT2D eigenvalue weighted by atomic mass is 10.2. The number of hydrogen-bond donors (Lipinski definition) is 0. The number of aromatic nitrogens is 1. The van der Waals surface area contributed by atoms with Crippen molar-refractivity contribution in [1.29, 1.82) is 0 Å². The van der Waals surface area contributed by atoms with Crippen LogP contribution in [0.4, 0.5) is 4.79 Å². The average molecular weight is 446 g/mol. The molecule has 0 spiro atoms. The smallest absolute Gasteiger partial charge is 0.419 e. The minimum absolute atomic E-state index is 0.114. The molecule has 0 N–H and O–H groups in total. The van der Waals surface area contributed by atoms with Crippen LogP contribution in [0.25, 0.3) is 10.9 Å². The predicted molar refractivity (Wildman–Crippen MR) is 121 cm³/mol. The summed E-state index contributed by atoms with van der Waals surface area (Å²) in [4.78, 5) is 25.1. The summed E-state index contributed by atoms with van der Waals surface area (Å²) < 4.78 is 17.4. The molecule has 0 saturated heterocycles. The zero-order valence-electron chi connectivity index (χ0n) is 17.0. The van der Waals surface area contributed by atoms with Crippen LogP contribution in [-0.4, -0.2) is 41.9 Å². The number of rotatable bonds is 8. The fourth-order valence-electron chi connectivity index (χ4n) is 2.91. The fraction of sp³-hybridized carbons (Fsp3) is 0.273. The van der Waals surface area contributed by atoms with Crippen molar-refractivity contribution >= 4 is 44.6 Å². The van der Waals surface area contributed by atoms with Gasteiger partial charge in [0, 0.05) is 16.7 Å². The van der Waals surface area contributed by atoms with Crippen molar-refractivity contribution in [3.63, 3.8) is 0 Å². The molecule has 3 aromatic rings. The number of benzene rings is 2. The van der Waals surface area contributed by atoms with Crippen molar-refractivity contribution in [2.75, 3.05) is 20.0 Å². The molecule has 6 nitrogen and oxygen atoms in total. The lowest BCUT2D eigenvalue weighted by Crippen LogP contribution is -2.22. The van der Waals surface area contributed by atoms with Crippen LogP contribution < -0.4 is 4.74 Å². The van der Waals surface area contributed by atoms with Gasteiger partial charge in [-0.1, -0.05) is 51.9 Å². The third kappa shape index (κ3) is 5.31. The van der Waals surface area contributed by atoms with E-state index in [2.05, 4.69) is 0 Å². The number of methoxy groups -OCH3 is 1. The quantitative estimate of drug-likeness (QED) is 0.340. The third-order valence-electron chi connectivity index (χ3n) is 4.30. The molecule has 2 aromatic carbocycles. The molecule has 0 unspecified atom stereocenters. The zero-order valence-corrected chi connectivity index (χ0v) is 18.6. The Morgan fingerprint density at radius 1 is 1.10 bits per heavy atom.